The number of rotatable bonds is 3. The Bertz CT molecular complexity index is 920. The highest BCUT2D eigenvalue weighted by Gasteiger charge is 2.28. The van der Waals surface area contributed by atoms with Crippen molar-refractivity contribution in [1.29, 1.82) is 0 Å². The molecule has 2 aromatic heterocycles. The van der Waals surface area contributed by atoms with Gasteiger partial charge in [-0.3, -0.25) is 9.78 Å². The molecule has 0 aliphatic carbocycles. The summed E-state index contributed by atoms with van der Waals surface area (Å²) < 4.78 is 1.89. The highest BCUT2D eigenvalue weighted by molar-refractivity contribution is 5.93. The number of carbonyl (C=O) groups is 1. The molecule has 0 radical (unpaired) electrons. The van der Waals surface area contributed by atoms with Crippen LogP contribution in [0.3, 0.4) is 0 Å². The van der Waals surface area contributed by atoms with Crippen molar-refractivity contribution in [2.75, 3.05) is 6.54 Å². The van der Waals surface area contributed by atoms with E-state index in [1.807, 2.05) is 27.8 Å². The molecule has 3 aromatic rings. The molecule has 1 saturated heterocycles. The fourth-order valence-electron chi connectivity index (χ4n) is 3.83. The topological polar surface area (TPSA) is 51.0 Å². The number of pyridine rings is 1. The SMILES string of the molecule is Cc1cccc(C2CCCCCN2C(=O)c2cc(-n3ccnc3)ccn2)c1. The average molecular weight is 360 g/mol. The first-order valence-electron chi connectivity index (χ1n) is 9.54. The van der Waals surface area contributed by atoms with E-state index in [1.165, 1.54) is 11.1 Å². The normalized spacial score (nSPS) is 17.5. The molecule has 1 aliphatic heterocycles. The van der Waals surface area contributed by atoms with Crippen LogP contribution in [-0.2, 0) is 0 Å². The summed E-state index contributed by atoms with van der Waals surface area (Å²) in [6.45, 7) is 2.87. The van der Waals surface area contributed by atoms with Crippen LogP contribution < -0.4 is 0 Å². The Morgan fingerprint density at radius 3 is 2.85 bits per heavy atom. The molecule has 5 nitrogen and oxygen atoms in total. The van der Waals surface area contributed by atoms with Crippen LogP contribution in [0.4, 0.5) is 0 Å². The molecule has 1 atom stereocenters. The Morgan fingerprint density at radius 2 is 2.04 bits per heavy atom. The number of imidazole rings is 1. The van der Waals surface area contributed by atoms with Gasteiger partial charge in [-0.15, -0.1) is 0 Å². The van der Waals surface area contributed by atoms with Crippen LogP contribution in [0.1, 0.15) is 53.3 Å². The number of aryl methyl sites for hydroxylation is 1. The van der Waals surface area contributed by atoms with Gasteiger partial charge in [0.2, 0.25) is 0 Å². The number of carbonyl (C=O) groups excluding carboxylic acids is 1. The first-order chi connectivity index (χ1) is 13.2. The van der Waals surface area contributed by atoms with Gasteiger partial charge in [0.05, 0.1) is 18.1 Å². The molecule has 1 aliphatic rings. The quantitative estimate of drug-likeness (QED) is 0.698. The third-order valence-electron chi connectivity index (χ3n) is 5.21. The van der Waals surface area contributed by atoms with Crippen molar-refractivity contribution in [3.8, 4) is 5.69 Å². The van der Waals surface area contributed by atoms with Gasteiger partial charge in [-0.1, -0.05) is 42.7 Å². The summed E-state index contributed by atoms with van der Waals surface area (Å²) in [5.41, 5.74) is 3.83. The molecule has 0 bridgehead atoms. The van der Waals surface area contributed by atoms with E-state index in [2.05, 4.69) is 41.2 Å². The minimum atomic E-state index is 0.00497. The molecular formula is C22H24N4O. The first kappa shape index (κ1) is 17.5. The standard InChI is InChI=1S/C22H24N4O/c1-17-6-5-7-18(14-17)21-8-3-2-4-12-26(21)22(27)20-15-19(9-10-24-20)25-13-11-23-16-25/h5-7,9-11,13-16,21H,2-4,8,12H2,1H3. The van der Waals surface area contributed by atoms with E-state index in [1.54, 1.807) is 18.7 Å². The molecule has 4 rings (SSSR count). The molecular weight excluding hydrogens is 336 g/mol. The second-order valence-corrected chi connectivity index (χ2v) is 7.15. The van der Waals surface area contributed by atoms with Gasteiger partial charge in [0, 0.05) is 25.1 Å². The van der Waals surface area contributed by atoms with Crippen LogP contribution >= 0.6 is 0 Å². The van der Waals surface area contributed by atoms with Crippen molar-refractivity contribution in [2.24, 2.45) is 0 Å². The average Bonchev–Trinajstić information content (AvgIpc) is 3.12. The van der Waals surface area contributed by atoms with E-state index in [0.29, 0.717) is 5.69 Å². The lowest BCUT2D eigenvalue weighted by atomic mass is 9.99. The van der Waals surface area contributed by atoms with Gasteiger partial charge in [0.15, 0.2) is 0 Å². The molecule has 0 N–H and O–H groups in total. The molecule has 0 saturated carbocycles. The number of nitrogens with zero attached hydrogens (tertiary/aromatic N) is 4. The molecule has 138 valence electrons. The Hall–Kier alpha value is -2.95. The Kier molecular flexibility index (Phi) is 5.01. The highest BCUT2D eigenvalue weighted by Crippen LogP contribution is 2.31. The van der Waals surface area contributed by atoms with Crippen LogP contribution in [0, 0.1) is 6.92 Å². The fraction of sp³-hybridized carbons (Fsp3) is 0.318. The van der Waals surface area contributed by atoms with Crippen molar-refractivity contribution < 1.29 is 4.79 Å². The number of hydrogen-bond acceptors (Lipinski definition) is 3. The molecule has 1 amide bonds. The third-order valence-corrected chi connectivity index (χ3v) is 5.21. The van der Waals surface area contributed by atoms with Crippen LogP contribution in [0.5, 0.6) is 0 Å². The first-order valence-corrected chi connectivity index (χ1v) is 9.54. The lowest BCUT2D eigenvalue weighted by molar-refractivity contribution is 0.0674. The van der Waals surface area contributed by atoms with Gasteiger partial charge < -0.3 is 9.47 Å². The highest BCUT2D eigenvalue weighted by atomic mass is 16.2. The van der Waals surface area contributed by atoms with Crippen molar-refractivity contribution in [3.63, 3.8) is 0 Å². The number of likely N-dealkylation sites (tertiary alicyclic amines) is 1. The van der Waals surface area contributed by atoms with E-state index in [9.17, 15) is 4.79 Å². The van der Waals surface area contributed by atoms with Gasteiger partial charge in [-0.2, -0.15) is 0 Å². The van der Waals surface area contributed by atoms with Crippen LogP contribution in [0.2, 0.25) is 0 Å². The van der Waals surface area contributed by atoms with E-state index >= 15 is 0 Å². The molecule has 5 heteroatoms. The minimum Gasteiger partial charge on any atom is -0.330 e. The Balaban J connectivity index is 1.67. The van der Waals surface area contributed by atoms with Gasteiger partial charge in [0.25, 0.3) is 5.91 Å². The van der Waals surface area contributed by atoms with E-state index in [-0.39, 0.29) is 11.9 Å². The van der Waals surface area contributed by atoms with E-state index < -0.39 is 0 Å². The number of amides is 1. The van der Waals surface area contributed by atoms with Crippen molar-refractivity contribution in [2.45, 2.75) is 38.6 Å². The molecule has 0 spiro atoms. The second-order valence-electron chi connectivity index (χ2n) is 7.15. The summed E-state index contributed by atoms with van der Waals surface area (Å²) in [5, 5.41) is 0. The van der Waals surface area contributed by atoms with Crippen molar-refractivity contribution in [3.05, 3.63) is 78.1 Å². The lowest BCUT2D eigenvalue weighted by Gasteiger charge is -2.30. The van der Waals surface area contributed by atoms with E-state index in [0.717, 1.165) is 37.9 Å². The minimum absolute atomic E-state index is 0.00497. The maximum Gasteiger partial charge on any atom is 0.273 e. The van der Waals surface area contributed by atoms with Crippen LogP contribution in [-0.4, -0.2) is 31.9 Å². The summed E-state index contributed by atoms with van der Waals surface area (Å²) in [6, 6.07) is 12.4. The summed E-state index contributed by atoms with van der Waals surface area (Å²) in [7, 11) is 0. The number of benzene rings is 1. The fourth-order valence-corrected chi connectivity index (χ4v) is 3.83. The lowest BCUT2D eigenvalue weighted by Crippen LogP contribution is -2.35. The van der Waals surface area contributed by atoms with Gasteiger partial charge in [0.1, 0.15) is 5.69 Å². The Labute approximate surface area is 159 Å². The van der Waals surface area contributed by atoms with Gasteiger partial charge in [-0.25, -0.2) is 4.98 Å². The molecule has 1 fully saturated rings. The van der Waals surface area contributed by atoms with E-state index in [4.69, 9.17) is 0 Å². The smallest absolute Gasteiger partial charge is 0.273 e. The molecule has 27 heavy (non-hydrogen) atoms. The zero-order valence-corrected chi connectivity index (χ0v) is 15.6. The van der Waals surface area contributed by atoms with Crippen molar-refractivity contribution >= 4 is 5.91 Å². The predicted molar refractivity (Wildman–Crippen MR) is 105 cm³/mol. The molecule has 3 heterocycles. The second kappa shape index (κ2) is 7.74. The summed E-state index contributed by atoms with van der Waals surface area (Å²) in [6.07, 6.45) is 11.4. The summed E-state index contributed by atoms with van der Waals surface area (Å²) in [4.78, 5) is 23.9. The van der Waals surface area contributed by atoms with Crippen LogP contribution in [0.15, 0.2) is 61.3 Å². The van der Waals surface area contributed by atoms with Gasteiger partial charge >= 0.3 is 0 Å². The number of hydrogen-bond donors (Lipinski definition) is 0. The maximum atomic E-state index is 13.4. The Morgan fingerprint density at radius 1 is 1.11 bits per heavy atom. The van der Waals surface area contributed by atoms with Crippen molar-refractivity contribution in [1.82, 2.24) is 19.4 Å². The maximum absolute atomic E-state index is 13.4. The number of aromatic nitrogens is 3. The van der Waals surface area contributed by atoms with Gasteiger partial charge in [-0.05, 0) is 37.5 Å². The third kappa shape index (κ3) is 3.77. The van der Waals surface area contributed by atoms with Crippen LogP contribution in [0.25, 0.3) is 5.69 Å². The summed E-state index contributed by atoms with van der Waals surface area (Å²) in [5.74, 6) is 0.00497. The predicted octanol–water partition coefficient (Wildman–Crippen LogP) is 4.33. The zero-order chi connectivity index (χ0) is 18.6. The summed E-state index contributed by atoms with van der Waals surface area (Å²) >= 11 is 0. The monoisotopic (exact) mass is 360 g/mol. The largest absolute Gasteiger partial charge is 0.330 e. The zero-order valence-electron chi connectivity index (χ0n) is 15.6. The molecule has 1 aromatic carbocycles. The molecule has 1 unspecified atom stereocenters.